The SMILES string of the molecule is CC1CC(C)CN(CCCNC(=O)CCc2ncc(-c3ccc(Cl)cc3)o2)C1. The highest BCUT2D eigenvalue weighted by Gasteiger charge is 2.21. The molecular formula is C22H30ClN3O2. The van der Waals surface area contributed by atoms with Crippen molar-refractivity contribution in [3.63, 3.8) is 0 Å². The summed E-state index contributed by atoms with van der Waals surface area (Å²) in [5.41, 5.74) is 0.925. The molecule has 0 radical (unpaired) electrons. The van der Waals surface area contributed by atoms with Gasteiger partial charge in [0.15, 0.2) is 11.7 Å². The van der Waals surface area contributed by atoms with Gasteiger partial charge in [-0.15, -0.1) is 0 Å². The van der Waals surface area contributed by atoms with Crippen molar-refractivity contribution < 1.29 is 9.21 Å². The molecule has 0 aliphatic carbocycles. The minimum absolute atomic E-state index is 0.0478. The summed E-state index contributed by atoms with van der Waals surface area (Å²) < 4.78 is 5.74. The lowest BCUT2D eigenvalue weighted by Gasteiger charge is -2.34. The molecule has 0 spiro atoms. The fraction of sp³-hybridized carbons (Fsp3) is 0.545. The topological polar surface area (TPSA) is 58.4 Å². The molecule has 1 amide bonds. The van der Waals surface area contributed by atoms with E-state index in [0.717, 1.165) is 36.9 Å². The summed E-state index contributed by atoms with van der Waals surface area (Å²) in [5.74, 6) is 2.87. The number of likely N-dealkylation sites (tertiary alicyclic amines) is 1. The monoisotopic (exact) mass is 403 g/mol. The molecule has 1 fully saturated rings. The van der Waals surface area contributed by atoms with Crippen molar-refractivity contribution >= 4 is 17.5 Å². The van der Waals surface area contributed by atoms with Crippen LogP contribution in [-0.2, 0) is 11.2 Å². The smallest absolute Gasteiger partial charge is 0.220 e. The van der Waals surface area contributed by atoms with Gasteiger partial charge in [-0.05, 0) is 55.5 Å². The molecule has 1 aliphatic heterocycles. The molecule has 6 heteroatoms. The van der Waals surface area contributed by atoms with Crippen molar-refractivity contribution in [2.24, 2.45) is 11.8 Å². The van der Waals surface area contributed by atoms with Crippen LogP contribution in [0, 0.1) is 11.8 Å². The van der Waals surface area contributed by atoms with Gasteiger partial charge in [-0.1, -0.05) is 25.4 Å². The van der Waals surface area contributed by atoms with Crippen LogP contribution >= 0.6 is 11.6 Å². The number of hydrogen-bond donors (Lipinski definition) is 1. The Morgan fingerprint density at radius 2 is 1.96 bits per heavy atom. The predicted molar refractivity (Wildman–Crippen MR) is 112 cm³/mol. The summed E-state index contributed by atoms with van der Waals surface area (Å²) in [6, 6.07) is 7.42. The van der Waals surface area contributed by atoms with Gasteiger partial charge in [0, 0.05) is 43.1 Å². The number of piperidine rings is 1. The molecule has 2 unspecified atom stereocenters. The molecule has 0 bridgehead atoms. The Morgan fingerprint density at radius 1 is 1.25 bits per heavy atom. The normalized spacial score (nSPS) is 20.2. The molecular weight excluding hydrogens is 374 g/mol. The van der Waals surface area contributed by atoms with Gasteiger partial charge < -0.3 is 14.6 Å². The number of carbonyl (C=O) groups is 1. The van der Waals surface area contributed by atoms with Crippen LogP contribution in [0.4, 0.5) is 0 Å². The minimum atomic E-state index is 0.0478. The molecule has 1 saturated heterocycles. The molecule has 152 valence electrons. The van der Waals surface area contributed by atoms with Crippen molar-refractivity contribution in [3.05, 3.63) is 41.4 Å². The standard InChI is InChI=1S/C22H30ClN3O2/c1-16-12-17(2)15-26(14-16)11-3-10-24-21(27)8-9-22-25-13-20(28-22)18-4-6-19(23)7-5-18/h4-7,13,16-17H,3,8-12,14-15H2,1-2H3,(H,24,27). The highest BCUT2D eigenvalue weighted by molar-refractivity contribution is 6.30. The average molecular weight is 404 g/mol. The number of hydrogen-bond acceptors (Lipinski definition) is 4. The van der Waals surface area contributed by atoms with Crippen molar-refractivity contribution in [1.29, 1.82) is 0 Å². The van der Waals surface area contributed by atoms with E-state index >= 15 is 0 Å². The Morgan fingerprint density at radius 3 is 2.68 bits per heavy atom. The maximum atomic E-state index is 12.1. The zero-order valence-electron chi connectivity index (χ0n) is 16.8. The molecule has 1 aromatic carbocycles. The maximum absolute atomic E-state index is 12.1. The van der Waals surface area contributed by atoms with Crippen molar-refractivity contribution in [3.8, 4) is 11.3 Å². The zero-order valence-corrected chi connectivity index (χ0v) is 17.5. The molecule has 1 N–H and O–H groups in total. The highest BCUT2D eigenvalue weighted by Crippen LogP contribution is 2.23. The molecule has 1 aliphatic rings. The Kier molecular flexibility index (Phi) is 7.51. The zero-order chi connectivity index (χ0) is 19.9. The molecule has 5 nitrogen and oxygen atoms in total. The first kappa shape index (κ1) is 20.9. The fourth-order valence-corrected chi connectivity index (χ4v) is 4.11. The number of amides is 1. The van der Waals surface area contributed by atoms with E-state index < -0.39 is 0 Å². The lowest BCUT2D eigenvalue weighted by molar-refractivity contribution is -0.121. The summed E-state index contributed by atoms with van der Waals surface area (Å²) in [7, 11) is 0. The van der Waals surface area contributed by atoms with Crippen LogP contribution in [0.2, 0.25) is 5.02 Å². The molecule has 2 aromatic rings. The minimum Gasteiger partial charge on any atom is -0.441 e. The van der Waals surface area contributed by atoms with Gasteiger partial charge in [0.05, 0.1) is 6.20 Å². The second-order valence-electron chi connectivity index (χ2n) is 8.03. The summed E-state index contributed by atoms with van der Waals surface area (Å²) >= 11 is 5.90. The van der Waals surface area contributed by atoms with Gasteiger partial charge in [0.2, 0.25) is 5.91 Å². The number of halogens is 1. The van der Waals surface area contributed by atoms with Crippen LogP contribution in [0.15, 0.2) is 34.9 Å². The lowest BCUT2D eigenvalue weighted by atomic mass is 9.92. The third-order valence-electron chi connectivity index (χ3n) is 5.17. The Balaban J connectivity index is 1.34. The van der Waals surface area contributed by atoms with E-state index in [-0.39, 0.29) is 5.91 Å². The van der Waals surface area contributed by atoms with E-state index in [0.29, 0.717) is 29.5 Å². The molecule has 0 saturated carbocycles. The van der Waals surface area contributed by atoms with Gasteiger partial charge in [-0.3, -0.25) is 4.79 Å². The van der Waals surface area contributed by atoms with Crippen LogP contribution in [-0.4, -0.2) is 42.0 Å². The fourth-order valence-electron chi connectivity index (χ4n) is 3.99. The second kappa shape index (κ2) is 10.1. The van der Waals surface area contributed by atoms with Gasteiger partial charge in [0.25, 0.3) is 0 Å². The van der Waals surface area contributed by atoms with E-state index in [2.05, 4.69) is 29.0 Å². The van der Waals surface area contributed by atoms with E-state index in [1.165, 1.54) is 19.5 Å². The number of oxazole rings is 1. The largest absolute Gasteiger partial charge is 0.441 e. The first-order chi connectivity index (χ1) is 13.5. The molecule has 28 heavy (non-hydrogen) atoms. The predicted octanol–water partition coefficient (Wildman–Crippen LogP) is 4.41. The van der Waals surface area contributed by atoms with E-state index in [1.807, 2.05) is 24.3 Å². The van der Waals surface area contributed by atoms with E-state index in [4.69, 9.17) is 16.0 Å². The van der Waals surface area contributed by atoms with Crippen LogP contribution in [0.25, 0.3) is 11.3 Å². The van der Waals surface area contributed by atoms with Crippen molar-refractivity contribution in [2.75, 3.05) is 26.2 Å². The van der Waals surface area contributed by atoms with Crippen LogP contribution in [0.5, 0.6) is 0 Å². The Hall–Kier alpha value is -1.85. The van der Waals surface area contributed by atoms with Gasteiger partial charge in [-0.2, -0.15) is 0 Å². The molecule has 1 aromatic heterocycles. The summed E-state index contributed by atoms with van der Waals surface area (Å²) in [5, 5.41) is 3.69. The maximum Gasteiger partial charge on any atom is 0.220 e. The number of benzene rings is 1. The van der Waals surface area contributed by atoms with Gasteiger partial charge in [-0.25, -0.2) is 4.98 Å². The second-order valence-corrected chi connectivity index (χ2v) is 8.47. The first-order valence-corrected chi connectivity index (χ1v) is 10.6. The average Bonchev–Trinajstić information content (AvgIpc) is 3.12. The molecule has 2 heterocycles. The Bertz CT molecular complexity index is 749. The van der Waals surface area contributed by atoms with Crippen molar-refractivity contribution in [2.45, 2.75) is 39.5 Å². The van der Waals surface area contributed by atoms with E-state index in [9.17, 15) is 4.79 Å². The summed E-state index contributed by atoms with van der Waals surface area (Å²) in [4.78, 5) is 18.9. The quantitative estimate of drug-likeness (QED) is 0.663. The van der Waals surface area contributed by atoms with E-state index in [1.54, 1.807) is 6.20 Å². The number of nitrogens with zero attached hydrogens (tertiary/aromatic N) is 2. The van der Waals surface area contributed by atoms with Crippen LogP contribution in [0.1, 0.15) is 39.0 Å². The van der Waals surface area contributed by atoms with Crippen molar-refractivity contribution in [1.82, 2.24) is 15.2 Å². The lowest BCUT2D eigenvalue weighted by Crippen LogP contribution is -2.40. The highest BCUT2D eigenvalue weighted by atomic mass is 35.5. The molecule has 3 rings (SSSR count). The van der Waals surface area contributed by atoms with Gasteiger partial charge in [0.1, 0.15) is 0 Å². The first-order valence-electron chi connectivity index (χ1n) is 10.2. The number of rotatable bonds is 8. The third kappa shape index (κ3) is 6.35. The number of aryl methyl sites for hydroxylation is 1. The summed E-state index contributed by atoms with van der Waals surface area (Å²) in [6.07, 6.45) is 4.90. The third-order valence-corrected chi connectivity index (χ3v) is 5.42. The van der Waals surface area contributed by atoms with Crippen LogP contribution < -0.4 is 5.32 Å². The van der Waals surface area contributed by atoms with Crippen LogP contribution in [0.3, 0.4) is 0 Å². The Labute approximate surface area is 172 Å². The number of nitrogens with one attached hydrogen (secondary N) is 1. The summed E-state index contributed by atoms with van der Waals surface area (Å²) in [6.45, 7) is 8.78. The number of aromatic nitrogens is 1. The molecule has 2 atom stereocenters. The number of carbonyl (C=O) groups excluding carboxylic acids is 1. The van der Waals surface area contributed by atoms with Gasteiger partial charge >= 0.3 is 0 Å².